The molecule has 0 unspecified atom stereocenters. The summed E-state index contributed by atoms with van der Waals surface area (Å²) in [5.74, 6) is 0.865. The maximum absolute atomic E-state index is 12.7. The lowest BCUT2D eigenvalue weighted by atomic mass is 10.2. The number of carbonyl (C=O) groups excluding carboxylic acids is 1. The van der Waals surface area contributed by atoms with Crippen LogP contribution < -0.4 is 10.1 Å². The van der Waals surface area contributed by atoms with Crippen molar-refractivity contribution in [2.75, 3.05) is 12.4 Å². The van der Waals surface area contributed by atoms with Crippen molar-refractivity contribution in [2.45, 2.75) is 6.92 Å². The molecule has 28 heavy (non-hydrogen) atoms. The standard InChI is InChI=1S/C19H14Cl2N4O2S/c1-10-7-17(23-18(26)13-8-11(20)3-5-14(13)21)25(24-10)19-22-15-6-4-12(27-2)9-16(15)28-19/h3-9H,1-2H3,(H,23,26). The lowest BCUT2D eigenvalue weighted by Gasteiger charge is -2.08. The van der Waals surface area contributed by atoms with Gasteiger partial charge in [-0.2, -0.15) is 9.78 Å². The van der Waals surface area contributed by atoms with Crippen LogP contribution in [0.1, 0.15) is 16.1 Å². The first-order chi connectivity index (χ1) is 13.4. The molecule has 9 heteroatoms. The molecule has 0 saturated carbocycles. The minimum absolute atomic E-state index is 0.286. The molecule has 6 nitrogen and oxygen atoms in total. The van der Waals surface area contributed by atoms with Crippen molar-refractivity contribution < 1.29 is 9.53 Å². The van der Waals surface area contributed by atoms with Gasteiger partial charge < -0.3 is 10.1 Å². The van der Waals surface area contributed by atoms with Gasteiger partial charge in [0.15, 0.2) is 0 Å². The van der Waals surface area contributed by atoms with Crippen molar-refractivity contribution in [3.63, 3.8) is 0 Å². The van der Waals surface area contributed by atoms with Crippen LogP contribution in [0.15, 0.2) is 42.5 Å². The second-order valence-electron chi connectivity index (χ2n) is 5.99. The van der Waals surface area contributed by atoms with E-state index in [1.54, 1.807) is 30.0 Å². The Bertz CT molecular complexity index is 1200. The first kappa shape index (κ1) is 18.7. The summed E-state index contributed by atoms with van der Waals surface area (Å²) in [6.07, 6.45) is 0. The third-order valence-corrected chi connectivity index (χ3v) is 5.57. The van der Waals surface area contributed by atoms with Crippen LogP contribution in [0.5, 0.6) is 5.75 Å². The topological polar surface area (TPSA) is 69.0 Å². The number of hydrogen-bond acceptors (Lipinski definition) is 5. The number of carbonyl (C=O) groups is 1. The number of nitrogens with zero attached hydrogens (tertiary/aromatic N) is 3. The molecular formula is C19H14Cl2N4O2S. The number of ether oxygens (including phenoxy) is 1. The van der Waals surface area contributed by atoms with Gasteiger partial charge in [0.2, 0.25) is 5.13 Å². The molecule has 0 atom stereocenters. The zero-order valence-electron chi connectivity index (χ0n) is 14.9. The Hall–Kier alpha value is -2.61. The van der Waals surface area contributed by atoms with E-state index in [9.17, 15) is 4.79 Å². The fourth-order valence-corrected chi connectivity index (χ4v) is 4.03. The molecule has 0 fully saturated rings. The van der Waals surface area contributed by atoms with Crippen molar-refractivity contribution in [1.82, 2.24) is 14.8 Å². The fraction of sp³-hybridized carbons (Fsp3) is 0.105. The number of aromatic nitrogens is 3. The van der Waals surface area contributed by atoms with E-state index in [0.29, 0.717) is 21.0 Å². The summed E-state index contributed by atoms with van der Waals surface area (Å²) in [7, 11) is 1.62. The van der Waals surface area contributed by atoms with Crippen LogP contribution in [0, 0.1) is 6.92 Å². The quantitative estimate of drug-likeness (QED) is 0.471. The Labute approximate surface area is 174 Å². The van der Waals surface area contributed by atoms with E-state index in [4.69, 9.17) is 27.9 Å². The highest BCUT2D eigenvalue weighted by Crippen LogP contribution is 2.30. The third-order valence-electron chi connectivity index (χ3n) is 4.01. The molecule has 4 rings (SSSR count). The van der Waals surface area contributed by atoms with Gasteiger partial charge in [0.25, 0.3) is 5.91 Å². The van der Waals surface area contributed by atoms with E-state index in [2.05, 4.69) is 15.4 Å². The minimum atomic E-state index is -0.378. The maximum Gasteiger partial charge on any atom is 0.258 e. The van der Waals surface area contributed by atoms with E-state index >= 15 is 0 Å². The van der Waals surface area contributed by atoms with Gasteiger partial charge in [0.05, 0.1) is 33.6 Å². The van der Waals surface area contributed by atoms with Crippen molar-refractivity contribution in [3.8, 4) is 10.9 Å². The summed E-state index contributed by atoms with van der Waals surface area (Å²) >= 11 is 13.6. The molecule has 142 valence electrons. The van der Waals surface area contributed by atoms with Crippen molar-refractivity contribution >= 4 is 56.5 Å². The Kier molecular flexibility index (Phi) is 4.97. The number of rotatable bonds is 4. The molecular weight excluding hydrogens is 419 g/mol. The molecule has 0 spiro atoms. The Morgan fingerprint density at radius 3 is 2.79 bits per heavy atom. The summed E-state index contributed by atoms with van der Waals surface area (Å²) in [4.78, 5) is 17.3. The number of methoxy groups -OCH3 is 1. The van der Waals surface area contributed by atoms with Gasteiger partial charge in [-0.1, -0.05) is 34.5 Å². The van der Waals surface area contributed by atoms with E-state index in [-0.39, 0.29) is 11.5 Å². The van der Waals surface area contributed by atoms with Crippen LogP contribution in [0.4, 0.5) is 5.82 Å². The molecule has 2 heterocycles. The number of nitrogens with one attached hydrogen (secondary N) is 1. The molecule has 2 aromatic carbocycles. The third kappa shape index (κ3) is 3.56. The van der Waals surface area contributed by atoms with E-state index < -0.39 is 0 Å². The van der Waals surface area contributed by atoms with Gasteiger partial charge in [-0.05, 0) is 43.3 Å². The van der Waals surface area contributed by atoms with Crippen LogP contribution in [0.25, 0.3) is 15.3 Å². The number of halogens is 2. The number of hydrogen-bond donors (Lipinski definition) is 1. The van der Waals surface area contributed by atoms with Gasteiger partial charge in [-0.15, -0.1) is 0 Å². The Balaban J connectivity index is 1.71. The molecule has 0 aliphatic carbocycles. The maximum atomic E-state index is 12.7. The van der Waals surface area contributed by atoms with Crippen LogP contribution >= 0.6 is 34.5 Å². The largest absolute Gasteiger partial charge is 0.497 e. The highest BCUT2D eigenvalue weighted by molar-refractivity contribution is 7.20. The number of thiazole rings is 1. The van der Waals surface area contributed by atoms with Crippen LogP contribution in [0.2, 0.25) is 10.0 Å². The van der Waals surface area contributed by atoms with Crippen molar-refractivity contribution in [2.24, 2.45) is 0 Å². The predicted octanol–water partition coefficient (Wildman–Crippen LogP) is 5.36. The SMILES string of the molecule is COc1ccc2nc(-n3nc(C)cc3NC(=O)c3cc(Cl)ccc3Cl)sc2c1. The van der Waals surface area contributed by atoms with Gasteiger partial charge in [-0.3, -0.25) is 4.79 Å². The molecule has 0 aliphatic rings. The lowest BCUT2D eigenvalue weighted by molar-refractivity contribution is 0.102. The van der Waals surface area contributed by atoms with Crippen LogP contribution in [-0.4, -0.2) is 27.8 Å². The first-order valence-electron chi connectivity index (χ1n) is 8.22. The Morgan fingerprint density at radius 2 is 2.00 bits per heavy atom. The molecule has 2 aromatic heterocycles. The number of amides is 1. The van der Waals surface area contributed by atoms with E-state index in [1.165, 1.54) is 17.4 Å². The average Bonchev–Trinajstić information content (AvgIpc) is 3.25. The second kappa shape index (κ2) is 7.43. The summed E-state index contributed by atoms with van der Waals surface area (Å²) in [6, 6.07) is 12.2. The average molecular weight is 433 g/mol. The van der Waals surface area contributed by atoms with E-state index in [0.717, 1.165) is 21.7 Å². The Morgan fingerprint density at radius 1 is 1.18 bits per heavy atom. The molecule has 0 radical (unpaired) electrons. The van der Waals surface area contributed by atoms with Gasteiger partial charge >= 0.3 is 0 Å². The molecule has 0 saturated heterocycles. The highest BCUT2D eigenvalue weighted by atomic mass is 35.5. The zero-order chi connectivity index (χ0) is 19.8. The molecule has 4 aromatic rings. The normalized spacial score (nSPS) is 11.0. The molecule has 1 N–H and O–H groups in total. The monoisotopic (exact) mass is 432 g/mol. The lowest BCUT2D eigenvalue weighted by Crippen LogP contribution is -2.15. The number of benzene rings is 2. The predicted molar refractivity (Wildman–Crippen MR) is 112 cm³/mol. The van der Waals surface area contributed by atoms with E-state index in [1.807, 2.05) is 25.1 Å². The molecule has 0 aliphatic heterocycles. The zero-order valence-corrected chi connectivity index (χ0v) is 17.2. The smallest absolute Gasteiger partial charge is 0.258 e. The highest BCUT2D eigenvalue weighted by Gasteiger charge is 2.17. The fourth-order valence-electron chi connectivity index (χ4n) is 2.70. The van der Waals surface area contributed by atoms with Gasteiger partial charge in [0, 0.05) is 11.1 Å². The van der Waals surface area contributed by atoms with Crippen molar-refractivity contribution in [1.29, 1.82) is 0 Å². The number of aryl methyl sites for hydroxylation is 1. The van der Waals surface area contributed by atoms with Gasteiger partial charge in [-0.25, -0.2) is 4.98 Å². The molecule has 1 amide bonds. The number of fused-ring (bicyclic) bond motifs is 1. The summed E-state index contributed by atoms with van der Waals surface area (Å²) < 4.78 is 7.82. The minimum Gasteiger partial charge on any atom is -0.497 e. The first-order valence-corrected chi connectivity index (χ1v) is 9.80. The van der Waals surface area contributed by atoms with Gasteiger partial charge in [0.1, 0.15) is 11.6 Å². The van der Waals surface area contributed by atoms with Crippen LogP contribution in [0.3, 0.4) is 0 Å². The summed E-state index contributed by atoms with van der Waals surface area (Å²) in [6.45, 7) is 1.84. The van der Waals surface area contributed by atoms with Crippen LogP contribution in [-0.2, 0) is 0 Å². The summed E-state index contributed by atoms with van der Waals surface area (Å²) in [5, 5.41) is 8.68. The number of anilines is 1. The summed E-state index contributed by atoms with van der Waals surface area (Å²) in [5.41, 5.74) is 1.85. The second-order valence-corrected chi connectivity index (χ2v) is 7.84. The molecule has 0 bridgehead atoms. The van der Waals surface area contributed by atoms with Crippen molar-refractivity contribution in [3.05, 3.63) is 63.8 Å².